The number of H-pyrrole nitrogens is 4. The molecule has 8 aromatic rings. The zero-order valence-corrected chi connectivity index (χ0v) is 33.6. The molecule has 0 radical (unpaired) electrons. The van der Waals surface area contributed by atoms with E-state index in [9.17, 15) is 15.3 Å². The van der Waals surface area contributed by atoms with Crippen LogP contribution in [0.4, 0.5) is 0 Å². The number of hydrogen-bond acceptors (Lipinski definition) is 7. The number of aromatic hydroxyl groups is 3. The second kappa shape index (κ2) is 15.6. The van der Waals surface area contributed by atoms with Crippen molar-refractivity contribution in [3.8, 4) is 62.8 Å². The standard InChI is InChI=1S/C17H13BrN4O.C16H11BrN4O2.BBr3/c1-9-5-6-12-13(7-9)20-17(19-12)15-16(23)14(21-22-15)10-3-2-4-11(18)8-10;17-9-3-1-2-8(6-9)13-15(23)14(21-20-13)16-18-11-5-4-10(22)7-12(11)19-16;2-1(3)4/h2-8,23H,1H3,(H,19,20)(H,21,22);1-7,22-23H,(H,18,19)(H,20,21);. The van der Waals surface area contributed by atoms with E-state index in [0.29, 0.717) is 45.5 Å². The summed E-state index contributed by atoms with van der Waals surface area (Å²) in [5.41, 5.74) is 7.73. The summed E-state index contributed by atoms with van der Waals surface area (Å²) in [5.74, 6) is 1.27. The van der Waals surface area contributed by atoms with Gasteiger partial charge in [0.2, 0.25) is 0 Å². The van der Waals surface area contributed by atoms with E-state index in [1.54, 1.807) is 18.2 Å². The summed E-state index contributed by atoms with van der Waals surface area (Å²) < 4.78 is 2.10. The van der Waals surface area contributed by atoms with Gasteiger partial charge in [0.05, 0.1) is 22.1 Å². The maximum absolute atomic E-state index is 10.5. The van der Waals surface area contributed by atoms with Crippen LogP contribution in [0.1, 0.15) is 5.56 Å². The summed E-state index contributed by atoms with van der Waals surface area (Å²) in [4.78, 5) is 15.2. The molecule has 4 aromatic heterocycles. The van der Waals surface area contributed by atoms with Crippen LogP contribution < -0.4 is 0 Å². The van der Waals surface area contributed by atoms with E-state index in [-0.39, 0.29) is 20.4 Å². The minimum atomic E-state index is 0.0198. The molecule has 0 spiro atoms. The second-order valence-corrected chi connectivity index (χ2v) is 19.0. The molecule has 11 nitrogen and oxygen atoms in total. The number of phenols is 1. The van der Waals surface area contributed by atoms with Gasteiger partial charge >= 0.3 is 3.18 Å². The fourth-order valence-electron chi connectivity index (χ4n) is 5.03. The van der Waals surface area contributed by atoms with Crippen LogP contribution in [0.5, 0.6) is 17.2 Å². The van der Waals surface area contributed by atoms with Crippen molar-refractivity contribution in [2.75, 3.05) is 0 Å². The maximum atomic E-state index is 10.5. The Morgan fingerprint density at radius 2 is 1.06 bits per heavy atom. The van der Waals surface area contributed by atoms with E-state index in [1.165, 1.54) is 0 Å². The number of nitrogens with zero attached hydrogens (tertiary/aromatic N) is 4. The molecule has 8 rings (SSSR count). The number of hydrogen-bond donors (Lipinski definition) is 7. The molecule has 4 aromatic carbocycles. The molecule has 7 N–H and O–H groups in total. The molecule has 0 aliphatic rings. The van der Waals surface area contributed by atoms with Gasteiger partial charge in [-0.1, -0.05) is 62.2 Å². The minimum absolute atomic E-state index is 0.0198. The van der Waals surface area contributed by atoms with Crippen LogP contribution in [-0.2, 0) is 0 Å². The van der Waals surface area contributed by atoms with Crippen molar-refractivity contribution in [1.82, 2.24) is 40.3 Å². The molecule has 0 unspecified atom stereocenters. The van der Waals surface area contributed by atoms with E-state index < -0.39 is 0 Å². The SMILES string of the molecule is BrB(Br)Br.Cc1ccc2nc(-c3[nH]nc(-c4cccc(Br)c4)c3O)[nH]c2c1.Oc1ccc2nc(-c3[nH]nc(-c4cccc(Br)c4)c3O)[nH]c2c1. The van der Waals surface area contributed by atoms with Gasteiger partial charge in [-0.05, 0) is 61.0 Å². The van der Waals surface area contributed by atoms with E-state index in [0.717, 1.165) is 36.7 Å². The molecule has 0 atom stereocenters. The van der Waals surface area contributed by atoms with Crippen LogP contribution >= 0.6 is 79.1 Å². The first kappa shape index (κ1) is 35.9. The summed E-state index contributed by atoms with van der Waals surface area (Å²) in [6.45, 7) is 2.03. The lowest BCUT2D eigenvalue weighted by molar-refractivity contribution is 0.476. The van der Waals surface area contributed by atoms with Gasteiger partial charge in [0.25, 0.3) is 0 Å². The monoisotopic (exact) mass is 986 g/mol. The third kappa shape index (κ3) is 8.18. The van der Waals surface area contributed by atoms with Crippen molar-refractivity contribution < 1.29 is 15.3 Å². The third-order valence-corrected chi connectivity index (χ3v) is 8.24. The van der Waals surface area contributed by atoms with Crippen molar-refractivity contribution in [2.45, 2.75) is 6.92 Å². The van der Waals surface area contributed by atoms with Gasteiger partial charge in [-0.3, -0.25) is 10.2 Å². The molecule has 17 heteroatoms. The highest BCUT2D eigenvalue weighted by Gasteiger charge is 2.20. The molecule has 0 saturated carbocycles. The number of rotatable bonds is 4. The summed E-state index contributed by atoms with van der Waals surface area (Å²) in [6, 6.07) is 26.0. The maximum Gasteiger partial charge on any atom is 0.369 e. The van der Waals surface area contributed by atoms with E-state index >= 15 is 0 Å². The predicted molar refractivity (Wildman–Crippen MR) is 216 cm³/mol. The smallest absolute Gasteiger partial charge is 0.369 e. The molecule has 0 saturated heterocycles. The summed E-state index contributed by atoms with van der Waals surface area (Å²) >= 11 is 16.1. The Morgan fingerprint density at radius 3 is 1.54 bits per heavy atom. The highest BCUT2D eigenvalue weighted by Crippen LogP contribution is 2.37. The lowest BCUT2D eigenvalue weighted by atomic mass is 10.1. The third-order valence-electron chi connectivity index (χ3n) is 7.25. The number of aryl methyl sites for hydroxylation is 1. The number of halogens is 5. The fourth-order valence-corrected chi connectivity index (χ4v) is 5.83. The number of aromatic amines is 4. The van der Waals surface area contributed by atoms with Gasteiger partial charge in [0, 0.05) is 26.1 Å². The average molecular weight is 991 g/mol. The van der Waals surface area contributed by atoms with E-state index in [2.05, 4.69) is 119 Å². The first-order chi connectivity index (χ1) is 24.0. The van der Waals surface area contributed by atoms with E-state index in [4.69, 9.17) is 0 Å². The van der Waals surface area contributed by atoms with Gasteiger partial charge in [-0.15, -0.1) is 47.3 Å². The Labute approximate surface area is 326 Å². The first-order valence-electron chi connectivity index (χ1n) is 14.6. The zero-order valence-electron chi connectivity index (χ0n) is 25.7. The van der Waals surface area contributed by atoms with Crippen LogP contribution in [0.3, 0.4) is 0 Å². The van der Waals surface area contributed by atoms with Crippen LogP contribution in [-0.4, -0.2) is 58.8 Å². The fraction of sp³-hybridized carbons (Fsp3) is 0.0303. The van der Waals surface area contributed by atoms with Crippen molar-refractivity contribution in [3.63, 3.8) is 0 Å². The van der Waals surface area contributed by atoms with Gasteiger partial charge in [0.1, 0.15) is 28.5 Å². The number of nitrogens with one attached hydrogen (secondary N) is 4. The average Bonchev–Trinajstić information content (AvgIpc) is 3.85. The Balaban J connectivity index is 0.000000156. The summed E-state index contributed by atoms with van der Waals surface area (Å²) in [6.07, 6.45) is 0. The lowest BCUT2D eigenvalue weighted by Gasteiger charge is -1.99. The summed E-state index contributed by atoms with van der Waals surface area (Å²) in [5, 5.41) is 44.7. The van der Waals surface area contributed by atoms with Crippen molar-refractivity contribution in [2.24, 2.45) is 0 Å². The van der Waals surface area contributed by atoms with Crippen LogP contribution in [0.2, 0.25) is 0 Å². The van der Waals surface area contributed by atoms with E-state index in [1.807, 2.05) is 73.7 Å². The molecule has 4 heterocycles. The van der Waals surface area contributed by atoms with Crippen LogP contribution in [0, 0.1) is 6.92 Å². The number of benzene rings is 4. The molecule has 50 heavy (non-hydrogen) atoms. The minimum Gasteiger partial charge on any atom is -0.508 e. The van der Waals surface area contributed by atoms with Crippen molar-refractivity contribution in [1.29, 1.82) is 0 Å². The van der Waals surface area contributed by atoms with Crippen molar-refractivity contribution >= 4 is 104 Å². The normalized spacial score (nSPS) is 10.8. The Hall–Kier alpha value is -3.90. The second-order valence-electron chi connectivity index (χ2n) is 10.8. The largest absolute Gasteiger partial charge is 0.508 e. The quantitative estimate of drug-likeness (QED) is 0.0859. The number of aromatic nitrogens is 8. The van der Waals surface area contributed by atoms with Gasteiger partial charge < -0.3 is 25.3 Å². The summed E-state index contributed by atoms with van der Waals surface area (Å²) in [7, 11) is 0. The molecule has 0 aliphatic carbocycles. The molecule has 0 aliphatic heterocycles. The highest BCUT2D eigenvalue weighted by molar-refractivity contribution is 9.69. The lowest BCUT2D eigenvalue weighted by Crippen LogP contribution is -1.80. The van der Waals surface area contributed by atoms with Gasteiger partial charge in [-0.25, -0.2) is 9.97 Å². The van der Waals surface area contributed by atoms with Crippen LogP contribution in [0.25, 0.3) is 67.6 Å². The topological polar surface area (TPSA) is 175 Å². The van der Waals surface area contributed by atoms with Gasteiger partial charge in [-0.2, -0.15) is 10.2 Å². The Kier molecular flexibility index (Phi) is 11.2. The molecule has 0 amide bonds. The molecule has 0 fully saturated rings. The highest BCUT2D eigenvalue weighted by atomic mass is 79.9. The molecular formula is C33H24BBr5N8O3. The number of imidazole rings is 2. The zero-order chi connectivity index (χ0) is 35.5. The molecule has 0 bridgehead atoms. The number of phenolic OH excluding ortho intramolecular Hbond substituents is 1. The number of fused-ring (bicyclic) bond motifs is 2. The Bertz CT molecular complexity index is 2270. The van der Waals surface area contributed by atoms with Crippen LogP contribution in [0.15, 0.2) is 93.9 Å². The van der Waals surface area contributed by atoms with Gasteiger partial charge in [0.15, 0.2) is 23.1 Å². The first-order valence-corrected chi connectivity index (χ1v) is 18.9. The predicted octanol–water partition coefficient (Wildman–Crippen LogP) is 10.3. The molecular weight excluding hydrogens is 967 g/mol. The van der Waals surface area contributed by atoms with Crippen molar-refractivity contribution in [3.05, 3.63) is 99.4 Å². The Morgan fingerprint density at radius 1 is 0.600 bits per heavy atom. The molecule has 252 valence electrons.